The number of esters is 2. The van der Waals surface area contributed by atoms with Crippen LogP contribution in [0.3, 0.4) is 0 Å². The van der Waals surface area contributed by atoms with Gasteiger partial charge in [-0.1, -0.05) is 6.58 Å². The second-order valence-electron chi connectivity index (χ2n) is 3.46. The quantitative estimate of drug-likeness (QED) is 0.308. The molecule has 0 aromatic rings. The fourth-order valence-corrected chi connectivity index (χ4v) is 2.00. The summed E-state index contributed by atoms with van der Waals surface area (Å²) in [4.78, 5) is 22.2. The van der Waals surface area contributed by atoms with E-state index < -0.39 is 33.9 Å². The molecule has 0 saturated heterocycles. The lowest BCUT2D eigenvalue weighted by atomic mass is 10.1. The molecule has 0 aliphatic carbocycles. The predicted octanol–water partition coefficient (Wildman–Crippen LogP) is -0.206. The molecule has 0 aliphatic heterocycles. The smallest absolute Gasteiger partial charge is 0.341 e. The molecule has 102 valence electrons. The van der Waals surface area contributed by atoms with Crippen LogP contribution >= 0.6 is 0 Å². The van der Waals surface area contributed by atoms with Crippen molar-refractivity contribution in [1.29, 1.82) is 0 Å². The van der Waals surface area contributed by atoms with Crippen molar-refractivity contribution >= 4 is 22.1 Å². The van der Waals surface area contributed by atoms with E-state index in [-0.39, 0.29) is 11.1 Å². The van der Waals surface area contributed by atoms with Crippen molar-refractivity contribution in [2.24, 2.45) is 5.73 Å². The molecule has 1 unspecified atom stereocenters. The Balaban J connectivity index is 5.28. The van der Waals surface area contributed by atoms with Crippen molar-refractivity contribution in [1.82, 2.24) is 0 Å². The summed E-state index contributed by atoms with van der Waals surface area (Å²) in [7, 11) is -4.42. The number of hydrogen-bond donors (Lipinski definition) is 2. The summed E-state index contributed by atoms with van der Waals surface area (Å²) < 4.78 is 35.3. The van der Waals surface area contributed by atoms with Gasteiger partial charge in [0.15, 0.2) is 0 Å². The predicted molar refractivity (Wildman–Crippen MR) is 64.1 cm³/mol. The number of carbonyl (C=O) groups is 2. The van der Waals surface area contributed by atoms with Crippen molar-refractivity contribution in [2.75, 3.05) is 6.54 Å². The SMILES string of the molecule is C=CC(=O)OC(=O)C(C)=C(C)C(CN)S(=O)(=O)O. The first kappa shape index (κ1) is 16.5. The highest BCUT2D eigenvalue weighted by atomic mass is 32.2. The molecule has 0 fully saturated rings. The first-order chi connectivity index (χ1) is 8.15. The van der Waals surface area contributed by atoms with Gasteiger partial charge in [-0.15, -0.1) is 0 Å². The number of ether oxygens (including phenoxy) is 1. The second kappa shape index (κ2) is 6.43. The summed E-state index contributed by atoms with van der Waals surface area (Å²) in [6, 6.07) is 0. The Morgan fingerprint density at radius 2 is 1.94 bits per heavy atom. The van der Waals surface area contributed by atoms with Crippen molar-refractivity contribution in [2.45, 2.75) is 19.1 Å². The lowest BCUT2D eigenvalue weighted by Crippen LogP contribution is -2.32. The summed E-state index contributed by atoms with van der Waals surface area (Å²) in [5.74, 6) is -1.97. The standard InChI is InChI=1S/C10H15NO6S/c1-4-9(12)17-10(13)7(3)6(2)8(5-11)18(14,15)16/h4,8H,1,5,11H2,2-3H3,(H,14,15,16). The van der Waals surface area contributed by atoms with Crippen molar-refractivity contribution in [3.05, 3.63) is 23.8 Å². The molecule has 0 radical (unpaired) electrons. The molecule has 0 rings (SSSR count). The minimum absolute atomic E-state index is 0.0156. The average molecular weight is 277 g/mol. The van der Waals surface area contributed by atoms with Crippen molar-refractivity contribution in [3.63, 3.8) is 0 Å². The van der Waals surface area contributed by atoms with E-state index in [2.05, 4.69) is 11.3 Å². The highest BCUT2D eigenvalue weighted by molar-refractivity contribution is 7.86. The van der Waals surface area contributed by atoms with Crippen LogP contribution in [0.5, 0.6) is 0 Å². The summed E-state index contributed by atoms with van der Waals surface area (Å²) in [5.41, 5.74) is 5.12. The average Bonchev–Trinajstić information content (AvgIpc) is 2.26. The molecule has 0 aromatic heterocycles. The molecule has 0 aliphatic rings. The van der Waals surface area contributed by atoms with Crippen LogP contribution in [0.15, 0.2) is 23.8 Å². The van der Waals surface area contributed by atoms with Gasteiger partial charge in [-0.25, -0.2) is 9.59 Å². The number of hydrogen-bond acceptors (Lipinski definition) is 6. The van der Waals surface area contributed by atoms with E-state index in [0.29, 0.717) is 0 Å². The van der Waals surface area contributed by atoms with Gasteiger partial charge in [-0.2, -0.15) is 8.42 Å². The van der Waals surface area contributed by atoms with Crippen LogP contribution < -0.4 is 5.73 Å². The number of rotatable bonds is 5. The molecule has 7 nitrogen and oxygen atoms in total. The Kier molecular flexibility index (Phi) is 5.89. The van der Waals surface area contributed by atoms with Crippen LogP contribution in [0.4, 0.5) is 0 Å². The van der Waals surface area contributed by atoms with Gasteiger partial charge in [-0.3, -0.25) is 4.55 Å². The van der Waals surface area contributed by atoms with E-state index in [0.717, 1.165) is 6.08 Å². The first-order valence-corrected chi connectivity index (χ1v) is 6.37. The largest absolute Gasteiger partial charge is 0.386 e. The lowest BCUT2D eigenvalue weighted by molar-refractivity contribution is -0.153. The first-order valence-electron chi connectivity index (χ1n) is 4.87. The van der Waals surface area contributed by atoms with Gasteiger partial charge in [0, 0.05) is 18.2 Å². The Labute approximate surface area is 105 Å². The third kappa shape index (κ3) is 4.40. The Morgan fingerprint density at radius 3 is 2.28 bits per heavy atom. The van der Waals surface area contributed by atoms with E-state index in [9.17, 15) is 18.0 Å². The minimum Gasteiger partial charge on any atom is -0.386 e. The third-order valence-electron chi connectivity index (χ3n) is 2.31. The molecule has 0 bridgehead atoms. The zero-order valence-electron chi connectivity index (χ0n) is 10.0. The zero-order valence-corrected chi connectivity index (χ0v) is 10.9. The summed E-state index contributed by atoms with van der Waals surface area (Å²) >= 11 is 0. The monoisotopic (exact) mass is 277 g/mol. The number of carbonyl (C=O) groups excluding carboxylic acids is 2. The van der Waals surface area contributed by atoms with E-state index in [4.69, 9.17) is 10.3 Å². The highest BCUT2D eigenvalue weighted by Crippen LogP contribution is 2.15. The van der Waals surface area contributed by atoms with Gasteiger partial charge in [0.1, 0.15) is 5.25 Å². The maximum Gasteiger partial charge on any atom is 0.341 e. The van der Waals surface area contributed by atoms with Crippen LogP contribution in [0, 0.1) is 0 Å². The number of nitrogens with two attached hydrogens (primary N) is 1. The Bertz CT molecular complexity index is 490. The van der Waals surface area contributed by atoms with E-state index in [1.54, 1.807) is 0 Å². The van der Waals surface area contributed by atoms with Crippen LogP contribution in [0.25, 0.3) is 0 Å². The molecule has 3 N–H and O–H groups in total. The summed E-state index contributed by atoms with van der Waals surface area (Å²) in [6.07, 6.45) is 0.795. The molecule has 1 atom stereocenters. The van der Waals surface area contributed by atoms with Crippen LogP contribution in [-0.4, -0.2) is 36.7 Å². The van der Waals surface area contributed by atoms with Crippen molar-refractivity contribution in [3.8, 4) is 0 Å². The normalized spacial score (nSPS) is 14.4. The van der Waals surface area contributed by atoms with Gasteiger partial charge in [0.2, 0.25) is 0 Å². The molecule has 0 spiro atoms. The van der Waals surface area contributed by atoms with Crippen LogP contribution in [0.1, 0.15) is 13.8 Å². The molecular formula is C10H15NO6S. The molecule has 0 amide bonds. The Morgan fingerprint density at radius 1 is 1.44 bits per heavy atom. The van der Waals surface area contributed by atoms with Crippen molar-refractivity contribution < 1.29 is 27.3 Å². The van der Waals surface area contributed by atoms with Crippen LogP contribution in [0.2, 0.25) is 0 Å². The van der Waals surface area contributed by atoms with Gasteiger partial charge in [0.25, 0.3) is 10.1 Å². The molecule has 18 heavy (non-hydrogen) atoms. The summed E-state index contributed by atoms with van der Waals surface area (Å²) in [5, 5.41) is -1.41. The zero-order chi connectivity index (χ0) is 14.5. The molecular weight excluding hydrogens is 262 g/mol. The molecule has 0 heterocycles. The maximum atomic E-state index is 11.4. The fourth-order valence-electron chi connectivity index (χ4n) is 1.13. The summed E-state index contributed by atoms with van der Waals surface area (Å²) in [6.45, 7) is 5.28. The minimum atomic E-state index is -4.42. The van der Waals surface area contributed by atoms with Gasteiger partial charge < -0.3 is 10.5 Å². The molecule has 0 aromatic carbocycles. The van der Waals surface area contributed by atoms with Gasteiger partial charge in [-0.05, 0) is 19.4 Å². The molecule has 0 saturated carbocycles. The van der Waals surface area contributed by atoms with Crippen LogP contribution in [-0.2, 0) is 24.4 Å². The second-order valence-corrected chi connectivity index (χ2v) is 5.06. The van der Waals surface area contributed by atoms with E-state index in [1.807, 2.05) is 0 Å². The molecule has 8 heteroatoms. The maximum absolute atomic E-state index is 11.4. The van der Waals surface area contributed by atoms with Gasteiger partial charge in [0.05, 0.1) is 0 Å². The van der Waals surface area contributed by atoms with E-state index >= 15 is 0 Å². The third-order valence-corrected chi connectivity index (χ3v) is 3.58. The van der Waals surface area contributed by atoms with E-state index in [1.165, 1.54) is 13.8 Å². The fraction of sp³-hybridized carbons (Fsp3) is 0.400. The highest BCUT2D eigenvalue weighted by Gasteiger charge is 2.27. The van der Waals surface area contributed by atoms with Gasteiger partial charge >= 0.3 is 11.9 Å². The lowest BCUT2D eigenvalue weighted by Gasteiger charge is -2.14. The Hall–Kier alpha value is -1.51. The topological polar surface area (TPSA) is 124 Å².